The number of H-pyrrole nitrogens is 1. The molecule has 0 unspecified atom stereocenters. The zero-order chi connectivity index (χ0) is 45.8. The van der Waals surface area contributed by atoms with E-state index in [-0.39, 0.29) is 52.8 Å². The first-order valence-corrected chi connectivity index (χ1v) is 24.2. The zero-order valence-electron chi connectivity index (χ0n) is 36.7. The normalized spacial score (nSPS) is 19.7. The second-order valence-electron chi connectivity index (χ2n) is 17.9. The molecule has 1 aromatic heterocycles. The third-order valence-electron chi connectivity index (χ3n) is 13.8. The summed E-state index contributed by atoms with van der Waals surface area (Å²) in [6, 6.07) is 37.6. The lowest BCUT2D eigenvalue weighted by Crippen LogP contribution is -2.55. The van der Waals surface area contributed by atoms with Gasteiger partial charge in [-0.2, -0.15) is 0 Å². The summed E-state index contributed by atoms with van der Waals surface area (Å²) in [4.78, 5) is 46.6. The maximum atomic E-state index is 14.1. The third-order valence-corrected chi connectivity index (χ3v) is 15.3. The summed E-state index contributed by atoms with van der Waals surface area (Å²) >= 11 is 0. The van der Waals surface area contributed by atoms with Gasteiger partial charge in [-0.05, 0) is 115 Å². The molecule has 14 heteroatoms. The number of phenols is 1. The molecule has 66 heavy (non-hydrogen) atoms. The Morgan fingerprint density at radius 1 is 0.788 bits per heavy atom. The van der Waals surface area contributed by atoms with Crippen LogP contribution in [0.3, 0.4) is 0 Å². The minimum absolute atomic E-state index is 0.0368. The van der Waals surface area contributed by atoms with Crippen molar-refractivity contribution in [2.75, 3.05) is 39.3 Å². The van der Waals surface area contributed by atoms with Crippen LogP contribution in [0.4, 0.5) is 0 Å². The van der Waals surface area contributed by atoms with Gasteiger partial charge in [-0.1, -0.05) is 91.0 Å². The number of aromatic hydroxyl groups is 1. The summed E-state index contributed by atoms with van der Waals surface area (Å²) in [5, 5.41) is 24.9. The van der Waals surface area contributed by atoms with Crippen LogP contribution < -0.4 is 15.6 Å². The van der Waals surface area contributed by atoms with Crippen LogP contribution in [0.15, 0.2) is 137 Å². The molecule has 0 radical (unpaired) electrons. The number of nitrogens with zero attached hydrogens (tertiary/aromatic N) is 2. The van der Waals surface area contributed by atoms with Crippen LogP contribution in [0.2, 0.25) is 0 Å². The van der Waals surface area contributed by atoms with E-state index >= 15 is 0 Å². The summed E-state index contributed by atoms with van der Waals surface area (Å²) < 4.78 is 36.5. The molecule has 0 saturated carbocycles. The number of carbonyl (C=O) groups is 2. The lowest BCUT2D eigenvalue weighted by atomic mass is 9.72. The fourth-order valence-corrected chi connectivity index (χ4v) is 11.1. The molecule has 5 heterocycles. The van der Waals surface area contributed by atoms with Gasteiger partial charge in [0.05, 0.1) is 21.9 Å². The minimum Gasteiger partial charge on any atom is -0.506 e. The number of benzene rings is 5. The molecular weight excluding hydrogens is 855 g/mol. The van der Waals surface area contributed by atoms with Crippen LogP contribution in [0.5, 0.6) is 5.75 Å². The van der Waals surface area contributed by atoms with E-state index in [0.717, 1.165) is 49.2 Å². The highest BCUT2D eigenvalue weighted by Gasteiger charge is 2.47. The van der Waals surface area contributed by atoms with Gasteiger partial charge in [-0.3, -0.25) is 19.3 Å². The molecule has 0 spiro atoms. The predicted molar refractivity (Wildman–Crippen MR) is 251 cm³/mol. The number of hydrogen-bond donors (Lipinski definition) is 5. The highest BCUT2D eigenvalue weighted by atomic mass is 32.2. The maximum Gasteiger partial charge on any atom is 0.317 e. The van der Waals surface area contributed by atoms with E-state index in [0.29, 0.717) is 72.5 Å². The van der Waals surface area contributed by atoms with Gasteiger partial charge in [-0.25, -0.2) is 13.1 Å². The van der Waals surface area contributed by atoms with Gasteiger partial charge in [0.2, 0.25) is 15.6 Å². The molecule has 5 aromatic carbocycles. The maximum absolute atomic E-state index is 14.1. The first-order chi connectivity index (χ1) is 32.0. The Bertz CT molecular complexity index is 2860. The van der Waals surface area contributed by atoms with Crippen LogP contribution in [0, 0.1) is 5.92 Å². The van der Waals surface area contributed by atoms with Crippen molar-refractivity contribution in [1.82, 2.24) is 24.8 Å². The molecule has 342 valence electrons. The van der Waals surface area contributed by atoms with Gasteiger partial charge in [0.15, 0.2) is 0 Å². The molecule has 1 amide bonds. The standard InChI is InChI=1S/C52H55N5O8S/c58-44-20-18-42(43-19-21-48(60)55-49(43)44)45(59)33-53-31-36-12-10-35(11-13-36)30-40-6-4-5-9-47(40)66(63,64)54-32-37-14-16-39(17-15-37)50(61)57-28-24-52(25-29-57,41-7-2-1-3-8-41)51(62)65-46-34-56-26-22-38(46)23-27-56/h1-21,38,45-46,53-54,58-59H,22-34H2,(H,55,60)/t45-,46-/m0/s1. The van der Waals surface area contributed by atoms with E-state index in [2.05, 4.69) is 19.9 Å². The SMILES string of the molecule is O=C(c1ccc(CNS(=O)(=O)c2ccccc2Cc2ccc(CNC[C@H](O)c3ccc(O)c4[nH]c(=O)ccc34)cc2)cc1)N1CCC(C(=O)O[C@H]2CN3CCC2CC3)(c2ccccc2)CC1. The van der Waals surface area contributed by atoms with Crippen LogP contribution in [-0.4, -0.2) is 90.7 Å². The summed E-state index contributed by atoms with van der Waals surface area (Å²) in [6.07, 6.45) is 2.45. The number of hydrogen-bond acceptors (Lipinski definition) is 10. The van der Waals surface area contributed by atoms with Gasteiger partial charge < -0.3 is 30.2 Å². The number of carbonyl (C=O) groups excluding carboxylic acids is 2. The Morgan fingerprint density at radius 3 is 2.17 bits per heavy atom. The Labute approximate surface area is 384 Å². The predicted octanol–water partition coefficient (Wildman–Crippen LogP) is 5.94. The molecule has 4 aliphatic heterocycles. The lowest BCUT2D eigenvalue weighted by Gasteiger charge is -2.46. The van der Waals surface area contributed by atoms with Crippen LogP contribution in [0.1, 0.15) is 75.5 Å². The minimum atomic E-state index is -3.91. The number of pyridine rings is 1. The number of aromatic amines is 1. The second kappa shape index (κ2) is 19.4. The molecule has 5 N–H and O–H groups in total. The first-order valence-electron chi connectivity index (χ1n) is 22.7. The zero-order valence-corrected chi connectivity index (χ0v) is 37.5. The molecule has 4 aliphatic rings. The Hall–Kier alpha value is -6.16. The van der Waals surface area contributed by atoms with Crippen molar-refractivity contribution in [3.63, 3.8) is 0 Å². The average Bonchev–Trinajstić information content (AvgIpc) is 3.35. The Kier molecular flexibility index (Phi) is 13.2. The number of amides is 1. The monoisotopic (exact) mass is 909 g/mol. The summed E-state index contributed by atoms with van der Waals surface area (Å²) in [5.41, 5.74) is 4.36. The van der Waals surface area contributed by atoms with Gasteiger partial charge in [0.25, 0.3) is 5.91 Å². The highest BCUT2D eigenvalue weighted by Crippen LogP contribution is 2.40. The van der Waals surface area contributed by atoms with E-state index in [1.807, 2.05) is 60.7 Å². The topological polar surface area (TPSA) is 181 Å². The molecule has 10 rings (SSSR count). The van der Waals surface area contributed by atoms with E-state index in [4.69, 9.17) is 4.74 Å². The lowest BCUT2D eigenvalue weighted by molar-refractivity contribution is -0.167. The van der Waals surface area contributed by atoms with Gasteiger partial charge >= 0.3 is 5.97 Å². The van der Waals surface area contributed by atoms with Crippen molar-refractivity contribution in [3.05, 3.63) is 177 Å². The number of sulfonamides is 1. The van der Waals surface area contributed by atoms with Crippen LogP contribution in [-0.2, 0) is 44.5 Å². The number of esters is 1. The number of aliphatic hydroxyl groups excluding tert-OH is 1. The molecule has 2 bridgehead atoms. The van der Waals surface area contributed by atoms with Crippen molar-refractivity contribution in [1.29, 1.82) is 0 Å². The van der Waals surface area contributed by atoms with Crippen LogP contribution in [0.25, 0.3) is 10.9 Å². The molecule has 0 aliphatic carbocycles. The van der Waals surface area contributed by atoms with Crippen molar-refractivity contribution in [3.8, 4) is 5.75 Å². The number of phenolic OH excluding ortho intramolecular Hbond substituents is 1. The van der Waals surface area contributed by atoms with Crippen molar-refractivity contribution in [2.24, 2.45) is 5.92 Å². The number of likely N-dealkylation sites (tertiary alicyclic amines) is 1. The number of fused-ring (bicyclic) bond motifs is 4. The van der Waals surface area contributed by atoms with E-state index in [9.17, 15) is 33.0 Å². The third kappa shape index (κ3) is 9.69. The van der Waals surface area contributed by atoms with Gasteiger partial charge in [0, 0.05) is 56.3 Å². The number of nitrogens with one attached hydrogen (secondary N) is 3. The van der Waals surface area contributed by atoms with E-state index in [1.54, 1.807) is 59.5 Å². The van der Waals surface area contributed by atoms with Gasteiger partial charge in [0.1, 0.15) is 11.9 Å². The number of piperidine rings is 4. The summed E-state index contributed by atoms with van der Waals surface area (Å²) in [6.45, 7) is 4.47. The fourth-order valence-electron chi connectivity index (χ4n) is 9.88. The van der Waals surface area contributed by atoms with Crippen molar-refractivity contribution >= 4 is 32.8 Å². The molecule has 2 atom stereocenters. The van der Waals surface area contributed by atoms with E-state index in [1.165, 1.54) is 12.1 Å². The van der Waals surface area contributed by atoms with Gasteiger partial charge in [-0.15, -0.1) is 0 Å². The Balaban J connectivity index is 0.774. The fraction of sp³-hybridized carbons (Fsp3) is 0.327. The smallest absolute Gasteiger partial charge is 0.317 e. The number of aromatic nitrogens is 1. The number of aliphatic hydroxyl groups is 1. The molecular formula is C52H55N5O8S. The average molecular weight is 910 g/mol. The first kappa shape index (κ1) is 45.0. The second-order valence-corrected chi connectivity index (χ2v) is 19.6. The summed E-state index contributed by atoms with van der Waals surface area (Å²) in [7, 11) is -3.91. The molecule has 13 nitrogen and oxygen atoms in total. The highest BCUT2D eigenvalue weighted by molar-refractivity contribution is 7.89. The number of rotatable bonds is 15. The summed E-state index contributed by atoms with van der Waals surface area (Å²) in [5.74, 6) is 0.0160. The van der Waals surface area contributed by atoms with Crippen molar-refractivity contribution < 1.29 is 33.0 Å². The van der Waals surface area contributed by atoms with Crippen molar-refractivity contribution in [2.45, 2.75) is 67.7 Å². The molecule has 4 saturated heterocycles. The molecule has 6 aromatic rings. The largest absolute Gasteiger partial charge is 0.506 e. The molecule has 4 fully saturated rings. The van der Waals surface area contributed by atoms with E-state index < -0.39 is 21.5 Å². The van der Waals surface area contributed by atoms with Crippen LogP contribution >= 0.6 is 0 Å². The Morgan fingerprint density at radius 2 is 1.45 bits per heavy atom. The quantitative estimate of drug-likeness (QED) is 0.0775. The number of ether oxygens (including phenoxy) is 1.